The second-order valence-corrected chi connectivity index (χ2v) is 6.89. The van der Waals surface area contributed by atoms with Crippen LogP contribution >= 0.6 is 11.3 Å². The second-order valence-electron chi connectivity index (χ2n) is 5.86. The number of benzene rings is 2. The Morgan fingerprint density at radius 1 is 1.23 bits per heavy atom. The Morgan fingerprint density at radius 2 is 2.04 bits per heavy atom. The molecule has 2 heterocycles. The van der Waals surface area contributed by atoms with Crippen LogP contribution in [0.15, 0.2) is 51.9 Å². The topological polar surface area (TPSA) is 69.4 Å². The van der Waals surface area contributed by atoms with Crippen molar-refractivity contribution >= 4 is 38.5 Å². The Bertz CT molecular complexity index is 1170. The van der Waals surface area contributed by atoms with E-state index in [9.17, 15) is 9.59 Å². The number of aromatic nitrogens is 1. The highest BCUT2D eigenvalue weighted by atomic mass is 32.1. The van der Waals surface area contributed by atoms with E-state index >= 15 is 0 Å². The first-order valence-corrected chi connectivity index (χ1v) is 9.02. The summed E-state index contributed by atoms with van der Waals surface area (Å²) in [4.78, 5) is 29.0. The molecule has 5 nitrogen and oxygen atoms in total. The molecule has 4 rings (SSSR count). The number of carbonyl (C=O) groups is 1. The van der Waals surface area contributed by atoms with Gasteiger partial charge in [0.15, 0.2) is 0 Å². The van der Waals surface area contributed by atoms with Crippen LogP contribution in [0.1, 0.15) is 18.9 Å². The van der Waals surface area contributed by atoms with E-state index in [0.717, 1.165) is 10.2 Å². The average molecular weight is 365 g/mol. The van der Waals surface area contributed by atoms with Gasteiger partial charge in [0.1, 0.15) is 22.6 Å². The van der Waals surface area contributed by atoms with Crippen LogP contribution in [0.2, 0.25) is 0 Å². The molecule has 0 saturated carbocycles. The van der Waals surface area contributed by atoms with E-state index in [1.807, 2.05) is 24.3 Å². The predicted molar refractivity (Wildman–Crippen MR) is 102 cm³/mol. The van der Waals surface area contributed by atoms with Gasteiger partial charge in [-0.2, -0.15) is 0 Å². The van der Waals surface area contributed by atoms with Gasteiger partial charge >= 0.3 is 5.97 Å². The van der Waals surface area contributed by atoms with Crippen molar-refractivity contribution in [1.29, 1.82) is 0 Å². The predicted octanol–water partition coefficient (Wildman–Crippen LogP) is 4.69. The van der Waals surface area contributed by atoms with Gasteiger partial charge in [-0.3, -0.25) is 9.59 Å². The van der Waals surface area contributed by atoms with Crippen molar-refractivity contribution in [3.8, 4) is 16.3 Å². The van der Waals surface area contributed by atoms with Gasteiger partial charge in [0, 0.05) is 12.0 Å². The zero-order valence-corrected chi connectivity index (χ0v) is 15.1. The highest BCUT2D eigenvalue weighted by Crippen LogP contribution is 2.31. The van der Waals surface area contributed by atoms with Crippen molar-refractivity contribution in [2.75, 3.05) is 0 Å². The Hall–Kier alpha value is -2.99. The molecule has 0 N–H and O–H groups in total. The molecule has 0 aliphatic heterocycles. The van der Waals surface area contributed by atoms with Gasteiger partial charge in [0.25, 0.3) is 0 Å². The minimum Gasteiger partial charge on any atom is -0.463 e. The molecule has 6 heteroatoms. The number of para-hydroxylation sites is 1. The van der Waals surface area contributed by atoms with Gasteiger partial charge < -0.3 is 9.15 Å². The van der Waals surface area contributed by atoms with Gasteiger partial charge in [-0.05, 0) is 31.2 Å². The third-order valence-corrected chi connectivity index (χ3v) is 5.25. The summed E-state index contributed by atoms with van der Waals surface area (Å²) in [5.74, 6) is 0.0705. The molecule has 0 aliphatic rings. The normalized spacial score (nSPS) is 11.2. The second kappa shape index (κ2) is 6.38. The van der Waals surface area contributed by atoms with E-state index in [1.54, 1.807) is 26.0 Å². The summed E-state index contributed by atoms with van der Waals surface area (Å²) >= 11 is 1.45. The molecule has 0 aliphatic carbocycles. The molecule has 0 spiro atoms. The molecule has 0 bridgehead atoms. The fourth-order valence-corrected chi connectivity index (χ4v) is 3.73. The first-order chi connectivity index (χ1) is 12.6. The van der Waals surface area contributed by atoms with Gasteiger partial charge in [-0.15, -0.1) is 11.3 Å². The third-order valence-electron chi connectivity index (χ3n) is 4.18. The average Bonchev–Trinajstić information content (AvgIpc) is 3.08. The standard InChI is InChI=1S/C20H15NO4S/c1-3-17(22)25-15-9-8-12-18(23)13(10-24-19(12)11(15)2)20-21-14-6-4-5-7-16(14)26-20/h4-10H,3H2,1-2H3. The molecular weight excluding hydrogens is 350 g/mol. The molecule has 0 unspecified atom stereocenters. The van der Waals surface area contributed by atoms with E-state index in [-0.39, 0.29) is 17.8 Å². The van der Waals surface area contributed by atoms with E-state index in [1.165, 1.54) is 17.6 Å². The zero-order valence-electron chi connectivity index (χ0n) is 14.2. The number of esters is 1. The van der Waals surface area contributed by atoms with Crippen LogP contribution in [-0.2, 0) is 4.79 Å². The fourth-order valence-electron chi connectivity index (χ4n) is 2.76. The number of rotatable bonds is 3. The van der Waals surface area contributed by atoms with Crippen molar-refractivity contribution in [3.05, 3.63) is 58.4 Å². The summed E-state index contributed by atoms with van der Waals surface area (Å²) in [6.45, 7) is 3.49. The smallest absolute Gasteiger partial charge is 0.310 e. The molecule has 0 amide bonds. The molecule has 0 saturated heterocycles. The summed E-state index contributed by atoms with van der Waals surface area (Å²) in [6, 6.07) is 11.0. The maximum atomic E-state index is 12.9. The van der Waals surface area contributed by atoms with E-state index in [4.69, 9.17) is 9.15 Å². The highest BCUT2D eigenvalue weighted by Gasteiger charge is 2.17. The molecular formula is C20H15NO4S. The van der Waals surface area contributed by atoms with Crippen LogP contribution in [0.4, 0.5) is 0 Å². The summed E-state index contributed by atoms with van der Waals surface area (Å²) in [5.41, 5.74) is 2.17. The number of carbonyl (C=O) groups excluding carboxylic acids is 1. The summed E-state index contributed by atoms with van der Waals surface area (Å²) < 4.78 is 12.0. The number of fused-ring (bicyclic) bond motifs is 2. The minimum atomic E-state index is -0.333. The fraction of sp³-hybridized carbons (Fsp3) is 0.150. The van der Waals surface area contributed by atoms with Gasteiger partial charge in [-0.25, -0.2) is 4.98 Å². The van der Waals surface area contributed by atoms with Gasteiger partial charge in [-0.1, -0.05) is 19.1 Å². The monoisotopic (exact) mass is 365 g/mol. The zero-order chi connectivity index (χ0) is 18.3. The maximum Gasteiger partial charge on any atom is 0.310 e. The number of nitrogens with zero attached hydrogens (tertiary/aromatic N) is 1. The highest BCUT2D eigenvalue weighted by molar-refractivity contribution is 7.21. The number of ether oxygens (including phenoxy) is 1. The molecule has 0 atom stereocenters. The largest absolute Gasteiger partial charge is 0.463 e. The first-order valence-electron chi connectivity index (χ1n) is 8.20. The summed E-state index contributed by atoms with van der Waals surface area (Å²) in [7, 11) is 0. The van der Waals surface area contributed by atoms with E-state index < -0.39 is 0 Å². The molecule has 0 radical (unpaired) electrons. The van der Waals surface area contributed by atoms with Crippen molar-refractivity contribution in [2.24, 2.45) is 0 Å². The van der Waals surface area contributed by atoms with Crippen molar-refractivity contribution in [2.45, 2.75) is 20.3 Å². The Balaban J connectivity index is 1.86. The number of hydrogen-bond donors (Lipinski definition) is 0. The van der Waals surface area contributed by atoms with Crippen molar-refractivity contribution in [3.63, 3.8) is 0 Å². The van der Waals surface area contributed by atoms with Crippen LogP contribution in [0.25, 0.3) is 31.8 Å². The lowest BCUT2D eigenvalue weighted by Crippen LogP contribution is -2.09. The van der Waals surface area contributed by atoms with Crippen molar-refractivity contribution in [1.82, 2.24) is 4.98 Å². The maximum absolute atomic E-state index is 12.9. The molecule has 2 aromatic heterocycles. The molecule has 130 valence electrons. The van der Waals surface area contributed by atoms with Gasteiger partial charge in [0.2, 0.25) is 5.43 Å². The Labute approximate surface area is 152 Å². The molecule has 4 aromatic rings. The summed E-state index contributed by atoms with van der Waals surface area (Å²) in [5, 5.41) is 1.07. The quantitative estimate of drug-likeness (QED) is 0.389. The lowest BCUT2D eigenvalue weighted by molar-refractivity contribution is -0.134. The molecule has 26 heavy (non-hydrogen) atoms. The number of hydrogen-bond acceptors (Lipinski definition) is 6. The van der Waals surface area contributed by atoms with Crippen LogP contribution in [0.3, 0.4) is 0 Å². The Kier molecular flexibility index (Phi) is 4.05. The van der Waals surface area contributed by atoms with Crippen LogP contribution in [0, 0.1) is 6.92 Å². The summed E-state index contributed by atoms with van der Waals surface area (Å²) in [6.07, 6.45) is 1.71. The van der Waals surface area contributed by atoms with Crippen LogP contribution in [-0.4, -0.2) is 11.0 Å². The molecule has 0 fully saturated rings. The molecule has 2 aromatic carbocycles. The number of aryl methyl sites for hydroxylation is 1. The van der Waals surface area contributed by atoms with Crippen molar-refractivity contribution < 1.29 is 13.9 Å². The number of thiazole rings is 1. The van der Waals surface area contributed by atoms with E-state index in [0.29, 0.717) is 32.9 Å². The van der Waals surface area contributed by atoms with Crippen LogP contribution in [0.5, 0.6) is 5.75 Å². The first kappa shape index (κ1) is 16.5. The minimum absolute atomic E-state index is 0.151. The lowest BCUT2D eigenvalue weighted by Gasteiger charge is -2.08. The lowest BCUT2D eigenvalue weighted by atomic mass is 10.1. The SMILES string of the molecule is CCC(=O)Oc1ccc2c(=O)c(-c3nc4ccccc4s3)coc2c1C. The van der Waals surface area contributed by atoms with E-state index in [2.05, 4.69) is 4.98 Å². The van der Waals surface area contributed by atoms with Gasteiger partial charge in [0.05, 0.1) is 21.2 Å². The van der Waals surface area contributed by atoms with Crippen LogP contribution < -0.4 is 10.2 Å². The Morgan fingerprint density at radius 3 is 2.81 bits per heavy atom. The third kappa shape index (κ3) is 2.68.